The lowest BCUT2D eigenvalue weighted by atomic mass is 10.1. The Bertz CT molecular complexity index is 304. The topological polar surface area (TPSA) is 66.4 Å². The Kier molecular flexibility index (Phi) is 3.88. The summed E-state index contributed by atoms with van der Waals surface area (Å²) in [5.41, 5.74) is -0.404. The van der Waals surface area contributed by atoms with Gasteiger partial charge < -0.3 is 10.4 Å². The molecule has 0 aromatic rings. The second-order valence-electron chi connectivity index (χ2n) is 4.91. The highest BCUT2D eigenvalue weighted by molar-refractivity contribution is 7.99. The van der Waals surface area contributed by atoms with Crippen molar-refractivity contribution in [2.45, 2.75) is 26.0 Å². The molecule has 0 radical (unpaired) electrons. The van der Waals surface area contributed by atoms with Crippen molar-refractivity contribution in [3.63, 3.8) is 0 Å². The third kappa shape index (κ3) is 2.51. The Balaban J connectivity index is 2.48. The molecule has 0 saturated heterocycles. The zero-order valence-corrected chi connectivity index (χ0v) is 10.9. The highest BCUT2D eigenvalue weighted by Gasteiger charge is 2.65. The van der Waals surface area contributed by atoms with Crippen molar-refractivity contribution in [3.05, 3.63) is 0 Å². The van der Waals surface area contributed by atoms with E-state index in [-0.39, 0.29) is 11.8 Å². The molecule has 0 spiro atoms. The van der Waals surface area contributed by atoms with Crippen molar-refractivity contribution >= 4 is 23.6 Å². The molecule has 1 rings (SSSR count). The molecule has 0 heterocycles. The van der Waals surface area contributed by atoms with Crippen molar-refractivity contribution in [2.75, 3.05) is 12.8 Å². The summed E-state index contributed by atoms with van der Waals surface area (Å²) in [5.74, 6) is -1.91. The van der Waals surface area contributed by atoms with Gasteiger partial charge in [-0.3, -0.25) is 9.59 Å². The minimum Gasteiger partial charge on any atom is -0.481 e. The number of rotatable bonds is 5. The van der Waals surface area contributed by atoms with Gasteiger partial charge in [-0.25, -0.2) is 0 Å². The first-order chi connectivity index (χ1) is 7.32. The van der Waals surface area contributed by atoms with E-state index in [0.29, 0.717) is 11.8 Å². The Hall–Kier alpha value is -0.710. The third-order valence-electron chi connectivity index (χ3n) is 3.34. The molecule has 16 heavy (non-hydrogen) atoms. The summed E-state index contributed by atoms with van der Waals surface area (Å²) < 4.78 is 0. The van der Waals surface area contributed by atoms with E-state index in [9.17, 15) is 9.59 Å². The van der Waals surface area contributed by atoms with Crippen LogP contribution in [0.5, 0.6) is 0 Å². The van der Waals surface area contributed by atoms with Crippen LogP contribution in [-0.4, -0.2) is 35.0 Å². The SMILES string of the molecule is CSC(C)CNC(=O)C1C(C(=O)O)C1(C)C. The zero-order chi connectivity index (χ0) is 12.5. The number of hydrogen-bond donors (Lipinski definition) is 2. The second kappa shape index (κ2) is 4.65. The number of carbonyl (C=O) groups excluding carboxylic acids is 1. The first-order valence-corrected chi connectivity index (χ1v) is 6.64. The van der Waals surface area contributed by atoms with Crippen molar-refractivity contribution < 1.29 is 14.7 Å². The van der Waals surface area contributed by atoms with Gasteiger partial charge in [0.25, 0.3) is 0 Å². The molecule has 5 heteroatoms. The van der Waals surface area contributed by atoms with Gasteiger partial charge >= 0.3 is 5.97 Å². The van der Waals surface area contributed by atoms with Gasteiger partial charge in [0.15, 0.2) is 0 Å². The summed E-state index contributed by atoms with van der Waals surface area (Å²) in [6, 6.07) is 0. The molecule has 4 nitrogen and oxygen atoms in total. The van der Waals surface area contributed by atoms with Crippen molar-refractivity contribution in [1.82, 2.24) is 5.32 Å². The lowest BCUT2D eigenvalue weighted by molar-refractivity contribution is -0.140. The van der Waals surface area contributed by atoms with E-state index in [0.717, 1.165) is 0 Å². The molecule has 2 N–H and O–H groups in total. The minimum atomic E-state index is -0.872. The van der Waals surface area contributed by atoms with Crippen LogP contribution in [0.2, 0.25) is 0 Å². The molecule has 1 saturated carbocycles. The van der Waals surface area contributed by atoms with Crippen LogP contribution in [0, 0.1) is 17.3 Å². The molecule has 1 aliphatic rings. The van der Waals surface area contributed by atoms with Gasteiger partial charge in [0.05, 0.1) is 11.8 Å². The van der Waals surface area contributed by atoms with E-state index in [1.54, 1.807) is 11.8 Å². The van der Waals surface area contributed by atoms with Crippen LogP contribution >= 0.6 is 11.8 Å². The molecule has 1 amide bonds. The summed E-state index contributed by atoms with van der Waals surface area (Å²) in [7, 11) is 0. The normalized spacial score (nSPS) is 28.2. The third-order valence-corrected chi connectivity index (χ3v) is 4.31. The quantitative estimate of drug-likeness (QED) is 0.764. The fourth-order valence-corrected chi connectivity index (χ4v) is 2.28. The number of carbonyl (C=O) groups is 2. The van der Waals surface area contributed by atoms with Crippen molar-refractivity contribution in [1.29, 1.82) is 0 Å². The standard InChI is InChI=1S/C11H19NO3S/c1-6(16-4)5-12-9(13)7-8(10(14)15)11(7,2)3/h6-8H,5H2,1-4H3,(H,12,13)(H,14,15). The van der Waals surface area contributed by atoms with Gasteiger partial charge in [0, 0.05) is 11.8 Å². The maximum Gasteiger partial charge on any atom is 0.307 e. The molecule has 0 aromatic carbocycles. The van der Waals surface area contributed by atoms with Gasteiger partial charge in [-0.05, 0) is 11.7 Å². The van der Waals surface area contributed by atoms with E-state index in [1.807, 2.05) is 27.0 Å². The fourth-order valence-electron chi connectivity index (χ4n) is 2.03. The molecule has 0 aliphatic heterocycles. The van der Waals surface area contributed by atoms with Crippen LogP contribution in [0.4, 0.5) is 0 Å². The summed E-state index contributed by atoms with van der Waals surface area (Å²) in [6.07, 6.45) is 1.98. The first kappa shape index (κ1) is 13.4. The van der Waals surface area contributed by atoms with E-state index >= 15 is 0 Å². The number of carboxylic acid groups (broad SMARTS) is 1. The van der Waals surface area contributed by atoms with E-state index in [1.165, 1.54) is 0 Å². The molecular formula is C11H19NO3S. The molecular weight excluding hydrogens is 226 g/mol. The number of carboxylic acids is 1. The van der Waals surface area contributed by atoms with Crippen LogP contribution in [0.15, 0.2) is 0 Å². The monoisotopic (exact) mass is 245 g/mol. The highest BCUT2D eigenvalue weighted by Crippen LogP contribution is 2.58. The van der Waals surface area contributed by atoms with Gasteiger partial charge in [-0.1, -0.05) is 20.8 Å². The Morgan fingerprint density at radius 1 is 1.44 bits per heavy atom. The highest BCUT2D eigenvalue weighted by atomic mass is 32.2. The molecule has 3 atom stereocenters. The van der Waals surface area contributed by atoms with Gasteiger partial charge in [0.1, 0.15) is 0 Å². The van der Waals surface area contributed by atoms with E-state index in [2.05, 4.69) is 5.32 Å². The molecule has 0 aromatic heterocycles. The first-order valence-electron chi connectivity index (χ1n) is 5.35. The Morgan fingerprint density at radius 2 is 2.00 bits per heavy atom. The lowest BCUT2D eigenvalue weighted by Crippen LogP contribution is -2.32. The number of amides is 1. The molecule has 1 fully saturated rings. The van der Waals surface area contributed by atoms with E-state index < -0.39 is 17.3 Å². The molecule has 92 valence electrons. The second-order valence-corrected chi connectivity index (χ2v) is 6.18. The van der Waals surface area contributed by atoms with Gasteiger partial charge in [-0.15, -0.1) is 0 Å². The average molecular weight is 245 g/mol. The zero-order valence-electron chi connectivity index (χ0n) is 10.1. The Labute approximate surface area is 100 Å². The Morgan fingerprint density at radius 3 is 2.38 bits per heavy atom. The molecule has 3 unspecified atom stereocenters. The van der Waals surface area contributed by atoms with Crippen LogP contribution in [0.3, 0.4) is 0 Å². The number of aliphatic carboxylic acids is 1. The largest absolute Gasteiger partial charge is 0.481 e. The van der Waals surface area contributed by atoms with E-state index in [4.69, 9.17) is 5.11 Å². The molecule has 1 aliphatic carbocycles. The van der Waals surface area contributed by atoms with Crippen molar-refractivity contribution in [3.8, 4) is 0 Å². The molecule has 0 bridgehead atoms. The summed E-state index contributed by atoms with van der Waals surface area (Å²) >= 11 is 1.67. The number of nitrogens with one attached hydrogen (secondary N) is 1. The van der Waals surface area contributed by atoms with Crippen LogP contribution < -0.4 is 5.32 Å². The minimum absolute atomic E-state index is 0.127. The van der Waals surface area contributed by atoms with Crippen LogP contribution in [0.1, 0.15) is 20.8 Å². The van der Waals surface area contributed by atoms with Crippen LogP contribution in [0.25, 0.3) is 0 Å². The predicted octanol–water partition coefficient (Wildman–Crippen LogP) is 1.21. The van der Waals surface area contributed by atoms with Crippen molar-refractivity contribution in [2.24, 2.45) is 17.3 Å². The summed E-state index contributed by atoms with van der Waals surface area (Å²) in [6.45, 7) is 6.28. The fraction of sp³-hybridized carbons (Fsp3) is 0.818. The lowest BCUT2D eigenvalue weighted by Gasteiger charge is -2.10. The van der Waals surface area contributed by atoms with Gasteiger partial charge in [-0.2, -0.15) is 11.8 Å². The van der Waals surface area contributed by atoms with Crippen LogP contribution in [-0.2, 0) is 9.59 Å². The van der Waals surface area contributed by atoms with Gasteiger partial charge in [0.2, 0.25) is 5.91 Å². The maximum absolute atomic E-state index is 11.8. The number of thioether (sulfide) groups is 1. The summed E-state index contributed by atoms with van der Waals surface area (Å²) in [5, 5.41) is 12.1. The smallest absolute Gasteiger partial charge is 0.307 e. The average Bonchev–Trinajstić information content (AvgIpc) is 2.77. The number of hydrogen-bond acceptors (Lipinski definition) is 3. The maximum atomic E-state index is 11.8. The predicted molar refractivity (Wildman–Crippen MR) is 64.4 cm³/mol. The summed E-state index contributed by atoms with van der Waals surface area (Å²) in [4.78, 5) is 22.7.